The molecule has 0 aliphatic heterocycles. The third-order valence-electron chi connectivity index (χ3n) is 3.97. The number of Topliss-reactive ketones (excluding diaryl/α,β-unsaturated/α-hetero) is 1. The van der Waals surface area contributed by atoms with E-state index in [4.69, 9.17) is 5.73 Å². The predicted octanol–water partition coefficient (Wildman–Crippen LogP) is 3.93. The van der Waals surface area contributed by atoms with Crippen LogP contribution >= 0.6 is 0 Å². The van der Waals surface area contributed by atoms with Crippen LogP contribution in [0.5, 0.6) is 0 Å². The minimum Gasteiger partial charge on any atom is -0.327 e. The first-order chi connectivity index (χ1) is 9.80. The van der Waals surface area contributed by atoms with Crippen LogP contribution in [0.4, 0.5) is 17.6 Å². The van der Waals surface area contributed by atoms with Crippen molar-refractivity contribution in [3.63, 3.8) is 0 Å². The number of nitrogens with two attached hydrogens (primary N) is 1. The SMILES string of the molecule is NC1CCCCCC1C(=O)c1ccc(C(F)(F)F)c(F)c1. The predicted molar refractivity (Wildman–Crippen MR) is 70.3 cm³/mol. The monoisotopic (exact) mass is 303 g/mol. The summed E-state index contributed by atoms with van der Waals surface area (Å²) in [4.78, 5) is 12.3. The van der Waals surface area contributed by atoms with Gasteiger partial charge in [0.15, 0.2) is 5.78 Å². The zero-order valence-electron chi connectivity index (χ0n) is 11.4. The van der Waals surface area contributed by atoms with Gasteiger partial charge in [-0.3, -0.25) is 4.79 Å². The van der Waals surface area contributed by atoms with Gasteiger partial charge in [-0.2, -0.15) is 13.2 Å². The smallest absolute Gasteiger partial charge is 0.327 e. The average molecular weight is 303 g/mol. The molecule has 0 aromatic heterocycles. The van der Waals surface area contributed by atoms with Crippen LogP contribution < -0.4 is 5.73 Å². The van der Waals surface area contributed by atoms with Gasteiger partial charge in [-0.15, -0.1) is 0 Å². The van der Waals surface area contributed by atoms with E-state index in [1.807, 2.05) is 0 Å². The summed E-state index contributed by atoms with van der Waals surface area (Å²) in [5, 5.41) is 0. The van der Waals surface area contributed by atoms with Crippen LogP contribution in [0, 0.1) is 11.7 Å². The Hall–Kier alpha value is -1.43. The van der Waals surface area contributed by atoms with Crippen LogP contribution in [0.15, 0.2) is 18.2 Å². The van der Waals surface area contributed by atoms with E-state index in [9.17, 15) is 22.4 Å². The van der Waals surface area contributed by atoms with Crippen LogP contribution in [-0.2, 0) is 6.18 Å². The van der Waals surface area contributed by atoms with Crippen molar-refractivity contribution < 1.29 is 22.4 Å². The van der Waals surface area contributed by atoms with Gasteiger partial charge in [0.05, 0.1) is 5.56 Å². The molecule has 0 bridgehead atoms. The summed E-state index contributed by atoms with van der Waals surface area (Å²) in [5.41, 5.74) is 4.56. The maximum Gasteiger partial charge on any atom is 0.419 e. The molecule has 21 heavy (non-hydrogen) atoms. The highest BCUT2D eigenvalue weighted by Crippen LogP contribution is 2.32. The van der Waals surface area contributed by atoms with E-state index in [1.165, 1.54) is 0 Å². The topological polar surface area (TPSA) is 43.1 Å². The number of carbonyl (C=O) groups is 1. The lowest BCUT2D eigenvalue weighted by Gasteiger charge is -2.20. The van der Waals surface area contributed by atoms with Crippen molar-refractivity contribution >= 4 is 5.78 Å². The Morgan fingerprint density at radius 1 is 1.14 bits per heavy atom. The first kappa shape index (κ1) is 15.9. The fourth-order valence-electron chi connectivity index (χ4n) is 2.77. The van der Waals surface area contributed by atoms with Crippen molar-refractivity contribution in [3.05, 3.63) is 35.1 Å². The first-order valence-corrected chi connectivity index (χ1v) is 6.97. The number of hydrogen-bond donors (Lipinski definition) is 1. The fraction of sp³-hybridized carbons (Fsp3) is 0.533. The van der Waals surface area contributed by atoms with Gasteiger partial charge in [-0.25, -0.2) is 4.39 Å². The maximum absolute atomic E-state index is 13.5. The second-order valence-corrected chi connectivity index (χ2v) is 5.46. The lowest BCUT2D eigenvalue weighted by Crippen LogP contribution is -2.34. The highest BCUT2D eigenvalue weighted by molar-refractivity contribution is 5.98. The van der Waals surface area contributed by atoms with E-state index in [1.54, 1.807) is 0 Å². The lowest BCUT2D eigenvalue weighted by atomic mass is 9.87. The van der Waals surface area contributed by atoms with E-state index in [2.05, 4.69) is 0 Å². The van der Waals surface area contributed by atoms with Gasteiger partial charge >= 0.3 is 6.18 Å². The van der Waals surface area contributed by atoms with Crippen molar-refractivity contribution in [2.75, 3.05) is 0 Å². The molecule has 2 N–H and O–H groups in total. The number of hydrogen-bond acceptors (Lipinski definition) is 2. The normalized spacial score (nSPS) is 23.7. The molecule has 0 saturated heterocycles. The Bertz CT molecular complexity index is 527. The van der Waals surface area contributed by atoms with Gasteiger partial charge in [0.25, 0.3) is 0 Å². The molecule has 1 aliphatic rings. The summed E-state index contributed by atoms with van der Waals surface area (Å²) >= 11 is 0. The Morgan fingerprint density at radius 2 is 1.81 bits per heavy atom. The molecule has 2 atom stereocenters. The summed E-state index contributed by atoms with van der Waals surface area (Å²) in [6.45, 7) is 0. The summed E-state index contributed by atoms with van der Waals surface area (Å²) in [5.74, 6) is -2.23. The van der Waals surface area contributed by atoms with Crippen LogP contribution in [0.3, 0.4) is 0 Å². The van der Waals surface area contributed by atoms with E-state index in [0.29, 0.717) is 25.0 Å². The fourth-order valence-corrected chi connectivity index (χ4v) is 2.77. The minimum absolute atomic E-state index is 0.0390. The van der Waals surface area contributed by atoms with E-state index >= 15 is 0 Å². The molecule has 1 fully saturated rings. The quantitative estimate of drug-likeness (QED) is 0.511. The molecule has 2 rings (SSSR count). The van der Waals surface area contributed by atoms with Crippen LogP contribution in [0.25, 0.3) is 0 Å². The van der Waals surface area contributed by atoms with Crippen LogP contribution in [0.1, 0.15) is 48.0 Å². The first-order valence-electron chi connectivity index (χ1n) is 6.97. The number of rotatable bonds is 2. The van der Waals surface area contributed by atoms with Crippen molar-refractivity contribution in [2.24, 2.45) is 11.7 Å². The molecular weight excluding hydrogens is 286 g/mol. The molecule has 1 saturated carbocycles. The summed E-state index contributed by atoms with van der Waals surface area (Å²) in [6.07, 6.45) is -0.676. The lowest BCUT2D eigenvalue weighted by molar-refractivity contribution is -0.140. The zero-order chi connectivity index (χ0) is 15.6. The highest BCUT2D eigenvalue weighted by Gasteiger charge is 2.35. The minimum atomic E-state index is -4.76. The zero-order valence-corrected chi connectivity index (χ0v) is 11.4. The van der Waals surface area contributed by atoms with Crippen molar-refractivity contribution in [1.82, 2.24) is 0 Å². The molecule has 2 nitrogen and oxygen atoms in total. The average Bonchev–Trinajstić information content (AvgIpc) is 2.61. The Kier molecular flexibility index (Phi) is 4.66. The van der Waals surface area contributed by atoms with Gasteiger partial charge in [-0.1, -0.05) is 25.3 Å². The van der Waals surface area contributed by atoms with Crippen LogP contribution in [-0.4, -0.2) is 11.8 Å². The molecule has 0 radical (unpaired) electrons. The van der Waals surface area contributed by atoms with Gasteiger partial charge in [0.1, 0.15) is 5.82 Å². The molecule has 1 aromatic rings. The number of carbonyl (C=O) groups excluding carboxylic acids is 1. The number of ketones is 1. The van der Waals surface area contributed by atoms with Gasteiger partial charge in [0.2, 0.25) is 0 Å². The Labute approximate surface area is 120 Å². The Morgan fingerprint density at radius 3 is 2.43 bits per heavy atom. The second-order valence-electron chi connectivity index (χ2n) is 5.46. The third kappa shape index (κ3) is 3.61. The molecule has 1 aromatic carbocycles. The van der Waals surface area contributed by atoms with Gasteiger partial charge in [0, 0.05) is 17.5 Å². The summed E-state index contributed by atoms with van der Waals surface area (Å²) < 4.78 is 51.1. The number of benzene rings is 1. The van der Waals surface area contributed by atoms with E-state index in [0.717, 1.165) is 25.3 Å². The van der Waals surface area contributed by atoms with Gasteiger partial charge in [-0.05, 0) is 25.0 Å². The molecule has 116 valence electrons. The van der Waals surface area contributed by atoms with Crippen molar-refractivity contribution in [2.45, 2.75) is 44.3 Å². The molecule has 0 heterocycles. The largest absolute Gasteiger partial charge is 0.419 e. The third-order valence-corrected chi connectivity index (χ3v) is 3.97. The van der Waals surface area contributed by atoms with Crippen LogP contribution in [0.2, 0.25) is 0 Å². The molecule has 0 spiro atoms. The molecular formula is C15H17F4NO. The van der Waals surface area contributed by atoms with Crippen molar-refractivity contribution in [3.8, 4) is 0 Å². The number of alkyl halides is 3. The molecule has 6 heteroatoms. The van der Waals surface area contributed by atoms with Gasteiger partial charge < -0.3 is 5.73 Å². The molecule has 2 unspecified atom stereocenters. The Balaban J connectivity index is 2.25. The van der Waals surface area contributed by atoms with Crippen molar-refractivity contribution in [1.29, 1.82) is 0 Å². The number of halogens is 4. The molecule has 0 amide bonds. The maximum atomic E-state index is 13.5. The summed E-state index contributed by atoms with van der Waals surface area (Å²) in [7, 11) is 0. The molecule has 1 aliphatic carbocycles. The highest BCUT2D eigenvalue weighted by atomic mass is 19.4. The second kappa shape index (κ2) is 6.13. The van der Waals surface area contributed by atoms with E-state index in [-0.39, 0.29) is 17.4 Å². The standard InChI is InChI=1S/C15H17F4NO/c16-12-8-9(6-7-11(12)15(17,18)19)14(21)10-4-2-1-3-5-13(10)20/h6-8,10,13H,1-5,20H2. The van der Waals surface area contributed by atoms with E-state index < -0.39 is 23.5 Å². The summed E-state index contributed by atoms with van der Waals surface area (Å²) in [6, 6.07) is 2.00.